The van der Waals surface area contributed by atoms with E-state index in [9.17, 15) is 4.39 Å². The molecule has 104 valence electrons. The van der Waals surface area contributed by atoms with Gasteiger partial charge in [-0.05, 0) is 49.7 Å². The summed E-state index contributed by atoms with van der Waals surface area (Å²) in [5.41, 5.74) is 4.06. The molecular weight excluding hydrogens is 251 g/mol. The Hall–Kier alpha value is -1.87. The molecular formula is C17H19FN2. The standard InChI is InChI=1S/C17H19FN2/c1-12(19-2)14-7-8-17(15(18)11-14)20-10-9-13-5-3-4-6-16(13)20/h3-8,11-12,19H,9-10H2,1-2H3. The van der Waals surface area contributed by atoms with Crippen LogP contribution >= 0.6 is 0 Å². The molecule has 1 aliphatic heterocycles. The van der Waals surface area contributed by atoms with Crippen LogP contribution in [0, 0.1) is 5.82 Å². The van der Waals surface area contributed by atoms with E-state index in [0.717, 1.165) is 24.2 Å². The molecule has 0 amide bonds. The van der Waals surface area contributed by atoms with Crippen LogP contribution in [0.3, 0.4) is 0 Å². The van der Waals surface area contributed by atoms with Gasteiger partial charge < -0.3 is 10.2 Å². The Morgan fingerprint density at radius 2 is 1.95 bits per heavy atom. The van der Waals surface area contributed by atoms with Crippen molar-refractivity contribution in [3.05, 3.63) is 59.4 Å². The molecule has 2 nitrogen and oxygen atoms in total. The van der Waals surface area contributed by atoms with Crippen molar-refractivity contribution < 1.29 is 4.39 Å². The average Bonchev–Trinajstić information content (AvgIpc) is 2.90. The minimum absolute atomic E-state index is 0.152. The highest BCUT2D eigenvalue weighted by Gasteiger charge is 2.22. The molecule has 0 aromatic heterocycles. The van der Waals surface area contributed by atoms with E-state index in [4.69, 9.17) is 0 Å². The Kier molecular flexibility index (Phi) is 3.45. The smallest absolute Gasteiger partial charge is 0.147 e. The number of benzene rings is 2. The molecule has 3 rings (SSSR count). The van der Waals surface area contributed by atoms with Gasteiger partial charge in [0.1, 0.15) is 5.82 Å². The van der Waals surface area contributed by atoms with E-state index in [2.05, 4.69) is 22.3 Å². The summed E-state index contributed by atoms with van der Waals surface area (Å²) in [6, 6.07) is 13.9. The Morgan fingerprint density at radius 1 is 1.15 bits per heavy atom. The average molecular weight is 270 g/mol. The number of nitrogens with zero attached hydrogens (tertiary/aromatic N) is 1. The number of halogens is 1. The number of rotatable bonds is 3. The van der Waals surface area contributed by atoms with Crippen LogP contribution in [0.5, 0.6) is 0 Å². The summed E-state index contributed by atoms with van der Waals surface area (Å²) in [5, 5.41) is 3.13. The predicted octanol–water partition coefficient (Wildman–Crippen LogP) is 3.80. The van der Waals surface area contributed by atoms with Crippen LogP contribution in [0.4, 0.5) is 15.8 Å². The van der Waals surface area contributed by atoms with Gasteiger partial charge in [-0.15, -0.1) is 0 Å². The minimum Gasteiger partial charge on any atom is -0.339 e. The fourth-order valence-corrected chi connectivity index (χ4v) is 2.77. The summed E-state index contributed by atoms with van der Waals surface area (Å²) in [5.74, 6) is -0.152. The number of anilines is 2. The predicted molar refractivity (Wildman–Crippen MR) is 81.0 cm³/mol. The van der Waals surface area contributed by atoms with E-state index in [1.807, 2.05) is 38.2 Å². The number of para-hydroxylation sites is 1. The summed E-state index contributed by atoms with van der Waals surface area (Å²) in [4.78, 5) is 2.07. The van der Waals surface area contributed by atoms with Gasteiger partial charge in [0.25, 0.3) is 0 Å². The van der Waals surface area contributed by atoms with E-state index < -0.39 is 0 Å². The van der Waals surface area contributed by atoms with Gasteiger partial charge in [-0.1, -0.05) is 24.3 Å². The second kappa shape index (κ2) is 5.25. The van der Waals surface area contributed by atoms with Gasteiger partial charge in [0.05, 0.1) is 5.69 Å². The molecule has 20 heavy (non-hydrogen) atoms. The summed E-state index contributed by atoms with van der Waals surface area (Å²) >= 11 is 0. The first-order valence-corrected chi connectivity index (χ1v) is 7.03. The van der Waals surface area contributed by atoms with Crippen LogP contribution in [0.25, 0.3) is 0 Å². The highest BCUT2D eigenvalue weighted by atomic mass is 19.1. The third-order valence-electron chi connectivity index (χ3n) is 4.08. The second-order valence-corrected chi connectivity index (χ2v) is 5.25. The molecule has 1 N–H and O–H groups in total. The SMILES string of the molecule is CNC(C)c1ccc(N2CCc3ccccc32)c(F)c1. The normalized spacial score (nSPS) is 15.2. The van der Waals surface area contributed by atoms with E-state index in [1.54, 1.807) is 6.07 Å². The molecule has 0 fully saturated rings. The van der Waals surface area contributed by atoms with Gasteiger partial charge in [-0.2, -0.15) is 0 Å². The quantitative estimate of drug-likeness (QED) is 0.912. The van der Waals surface area contributed by atoms with Crippen LogP contribution in [0.15, 0.2) is 42.5 Å². The molecule has 1 aliphatic rings. The first kappa shape index (κ1) is 13.1. The fraction of sp³-hybridized carbons (Fsp3) is 0.294. The van der Waals surface area contributed by atoms with Crippen LogP contribution in [0.1, 0.15) is 24.1 Å². The van der Waals surface area contributed by atoms with Gasteiger partial charge in [0, 0.05) is 18.3 Å². The lowest BCUT2D eigenvalue weighted by Crippen LogP contribution is -2.16. The zero-order valence-electron chi connectivity index (χ0n) is 11.9. The number of nitrogens with one attached hydrogen (secondary N) is 1. The molecule has 0 saturated heterocycles. The maximum Gasteiger partial charge on any atom is 0.147 e. The van der Waals surface area contributed by atoms with Gasteiger partial charge in [0.2, 0.25) is 0 Å². The van der Waals surface area contributed by atoms with Gasteiger partial charge in [0.15, 0.2) is 0 Å². The van der Waals surface area contributed by atoms with Crippen molar-refractivity contribution in [3.8, 4) is 0 Å². The summed E-state index contributed by atoms with van der Waals surface area (Å²) in [6.45, 7) is 2.87. The van der Waals surface area contributed by atoms with Gasteiger partial charge in [-0.3, -0.25) is 0 Å². The maximum atomic E-state index is 14.4. The van der Waals surface area contributed by atoms with Crippen LogP contribution in [-0.2, 0) is 6.42 Å². The van der Waals surface area contributed by atoms with Crippen molar-refractivity contribution in [1.29, 1.82) is 0 Å². The van der Waals surface area contributed by atoms with E-state index >= 15 is 0 Å². The molecule has 0 aliphatic carbocycles. The number of fused-ring (bicyclic) bond motifs is 1. The lowest BCUT2D eigenvalue weighted by Gasteiger charge is -2.21. The third-order valence-corrected chi connectivity index (χ3v) is 4.08. The summed E-state index contributed by atoms with van der Waals surface area (Å²) in [6.07, 6.45) is 0.976. The fourth-order valence-electron chi connectivity index (χ4n) is 2.77. The van der Waals surface area contributed by atoms with Gasteiger partial charge >= 0.3 is 0 Å². The molecule has 0 saturated carbocycles. The van der Waals surface area contributed by atoms with Crippen molar-refractivity contribution in [2.24, 2.45) is 0 Å². The van der Waals surface area contributed by atoms with Crippen molar-refractivity contribution in [3.63, 3.8) is 0 Å². The second-order valence-electron chi connectivity index (χ2n) is 5.25. The van der Waals surface area contributed by atoms with E-state index in [-0.39, 0.29) is 11.9 Å². The molecule has 2 aromatic rings. The lowest BCUT2D eigenvalue weighted by atomic mass is 10.1. The Balaban J connectivity index is 1.96. The zero-order valence-corrected chi connectivity index (χ0v) is 11.9. The zero-order chi connectivity index (χ0) is 14.1. The largest absolute Gasteiger partial charge is 0.339 e. The van der Waals surface area contributed by atoms with Crippen molar-refractivity contribution in [1.82, 2.24) is 5.32 Å². The Morgan fingerprint density at radius 3 is 2.70 bits per heavy atom. The van der Waals surface area contributed by atoms with Crippen LogP contribution < -0.4 is 10.2 Å². The van der Waals surface area contributed by atoms with E-state index in [0.29, 0.717) is 5.69 Å². The topological polar surface area (TPSA) is 15.3 Å². The van der Waals surface area contributed by atoms with Crippen molar-refractivity contribution in [2.75, 3.05) is 18.5 Å². The lowest BCUT2D eigenvalue weighted by molar-refractivity contribution is 0.607. The molecule has 0 bridgehead atoms. The summed E-state index contributed by atoms with van der Waals surface area (Å²) < 4.78 is 14.4. The third kappa shape index (κ3) is 2.18. The molecule has 1 heterocycles. The van der Waals surface area contributed by atoms with Crippen LogP contribution in [0.2, 0.25) is 0 Å². The van der Waals surface area contributed by atoms with Crippen molar-refractivity contribution in [2.45, 2.75) is 19.4 Å². The Bertz CT molecular complexity index is 624. The number of hydrogen-bond donors (Lipinski definition) is 1. The maximum absolute atomic E-state index is 14.4. The highest BCUT2D eigenvalue weighted by Crippen LogP contribution is 2.36. The number of hydrogen-bond acceptors (Lipinski definition) is 2. The molecule has 3 heteroatoms. The molecule has 2 aromatic carbocycles. The minimum atomic E-state index is -0.152. The Labute approximate surface area is 119 Å². The van der Waals surface area contributed by atoms with Crippen LogP contribution in [-0.4, -0.2) is 13.6 Å². The molecule has 0 spiro atoms. The molecule has 0 radical (unpaired) electrons. The highest BCUT2D eigenvalue weighted by molar-refractivity contribution is 5.70. The van der Waals surface area contributed by atoms with Gasteiger partial charge in [-0.25, -0.2) is 4.39 Å². The first-order valence-electron chi connectivity index (χ1n) is 7.03. The molecule has 1 atom stereocenters. The monoisotopic (exact) mass is 270 g/mol. The first-order chi connectivity index (χ1) is 9.70. The molecule has 1 unspecified atom stereocenters. The summed E-state index contributed by atoms with van der Waals surface area (Å²) in [7, 11) is 1.88. The van der Waals surface area contributed by atoms with E-state index in [1.165, 1.54) is 5.56 Å². The van der Waals surface area contributed by atoms with Crippen molar-refractivity contribution >= 4 is 11.4 Å².